The number of primary amides is 1. The number of methoxy groups -OCH3 is 2. The fraction of sp³-hybridized carbons (Fsp3) is 0.429. The molecule has 0 spiro atoms. The Morgan fingerprint density at radius 2 is 1.65 bits per heavy atom. The Labute approximate surface area is 273 Å². The number of benzene rings is 2. The summed E-state index contributed by atoms with van der Waals surface area (Å²) in [7, 11) is 3.12. The van der Waals surface area contributed by atoms with Crippen LogP contribution in [0.15, 0.2) is 60.8 Å². The summed E-state index contributed by atoms with van der Waals surface area (Å²) in [5.41, 5.74) is 8.86. The lowest BCUT2D eigenvalue weighted by Gasteiger charge is -2.12. The molecule has 0 radical (unpaired) electrons. The summed E-state index contributed by atoms with van der Waals surface area (Å²) < 4.78 is 30.4. The summed E-state index contributed by atoms with van der Waals surface area (Å²) in [6.45, 7) is 10.2. The van der Waals surface area contributed by atoms with Crippen molar-refractivity contribution in [3.63, 3.8) is 0 Å². The summed E-state index contributed by atoms with van der Waals surface area (Å²) in [5.74, 6) is -0.114. The van der Waals surface area contributed by atoms with Gasteiger partial charge in [0.1, 0.15) is 11.9 Å². The number of nitrogens with two attached hydrogens (primary N) is 1. The van der Waals surface area contributed by atoms with Crippen LogP contribution in [-0.2, 0) is 30.2 Å². The average Bonchev–Trinajstić information content (AvgIpc) is 3.04. The van der Waals surface area contributed by atoms with Gasteiger partial charge in [0.15, 0.2) is 17.2 Å². The van der Waals surface area contributed by atoms with E-state index in [2.05, 4.69) is 60.0 Å². The van der Waals surface area contributed by atoms with E-state index in [1.165, 1.54) is 43.0 Å². The molecule has 2 N–H and O–H groups in total. The molecule has 0 fully saturated rings. The SMILES string of the molecule is CCCOCC[C@H](C)OC(=O)CC.COc1ccc(C)cc1Cc1ccccc1.COc1ccnc(C(N)=O)c1OCOC(C)=O.[HH]. The Hall–Kier alpha value is -4.64. The molecule has 1 atom stereocenters. The van der Waals surface area contributed by atoms with E-state index in [0.29, 0.717) is 13.0 Å². The maximum absolute atomic E-state index is 11.1. The van der Waals surface area contributed by atoms with Crippen molar-refractivity contribution in [3.05, 3.63) is 83.2 Å². The molecule has 46 heavy (non-hydrogen) atoms. The molecule has 11 heteroatoms. The van der Waals surface area contributed by atoms with Gasteiger partial charge in [0.25, 0.3) is 5.91 Å². The number of amides is 1. The number of pyridine rings is 1. The first-order valence-corrected chi connectivity index (χ1v) is 15.1. The molecule has 2 aromatic carbocycles. The third-order valence-electron chi connectivity index (χ3n) is 6.10. The molecule has 3 rings (SSSR count). The smallest absolute Gasteiger partial charge is 0.305 e. The lowest BCUT2D eigenvalue weighted by Crippen LogP contribution is -2.17. The second-order valence-electron chi connectivity index (χ2n) is 9.99. The van der Waals surface area contributed by atoms with Crippen molar-refractivity contribution in [2.75, 3.05) is 34.2 Å². The molecule has 0 bridgehead atoms. The van der Waals surface area contributed by atoms with E-state index in [9.17, 15) is 14.4 Å². The summed E-state index contributed by atoms with van der Waals surface area (Å²) in [4.78, 5) is 36.3. The molecule has 1 amide bonds. The Balaban J connectivity index is 0.000000675. The van der Waals surface area contributed by atoms with Gasteiger partial charge in [0, 0.05) is 46.5 Å². The van der Waals surface area contributed by atoms with Gasteiger partial charge in [-0.1, -0.05) is 61.9 Å². The minimum Gasteiger partial charge on any atom is -0.496 e. The van der Waals surface area contributed by atoms with Crippen LogP contribution in [0.5, 0.6) is 17.2 Å². The van der Waals surface area contributed by atoms with Gasteiger partial charge in [-0.25, -0.2) is 4.98 Å². The first-order valence-electron chi connectivity index (χ1n) is 15.1. The Morgan fingerprint density at radius 1 is 0.957 bits per heavy atom. The summed E-state index contributed by atoms with van der Waals surface area (Å²) >= 11 is 0. The molecule has 0 saturated heterocycles. The molecule has 11 nitrogen and oxygen atoms in total. The number of rotatable bonds is 15. The highest BCUT2D eigenvalue weighted by Gasteiger charge is 2.17. The van der Waals surface area contributed by atoms with Crippen LogP contribution in [0, 0.1) is 6.92 Å². The van der Waals surface area contributed by atoms with E-state index >= 15 is 0 Å². The van der Waals surface area contributed by atoms with Gasteiger partial charge in [-0.15, -0.1) is 0 Å². The normalized spacial score (nSPS) is 10.6. The number of nitrogens with zero attached hydrogens (tertiary/aromatic N) is 1. The van der Waals surface area contributed by atoms with E-state index in [1.807, 2.05) is 19.1 Å². The molecule has 3 aromatic rings. The van der Waals surface area contributed by atoms with Crippen molar-refractivity contribution >= 4 is 17.8 Å². The van der Waals surface area contributed by atoms with Crippen LogP contribution in [0.1, 0.15) is 75.6 Å². The van der Waals surface area contributed by atoms with E-state index in [0.717, 1.165) is 31.6 Å². The van der Waals surface area contributed by atoms with Crippen molar-refractivity contribution < 1.29 is 44.2 Å². The first kappa shape index (κ1) is 39.4. The minimum absolute atomic E-state index is 0. The van der Waals surface area contributed by atoms with E-state index < -0.39 is 11.9 Å². The van der Waals surface area contributed by atoms with Crippen molar-refractivity contribution in [3.8, 4) is 17.2 Å². The Morgan fingerprint density at radius 3 is 2.24 bits per heavy atom. The van der Waals surface area contributed by atoms with Crippen LogP contribution in [0.2, 0.25) is 0 Å². The molecular weight excluding hydrogens is 592 g/mol. The average molecular weight is 643 g/mol. The molecular formula is C35H50N2O9. The van der Waals surface area contributed by atoms with Gasteiger partial charge in [-0.2, -0.15) is 0 Å². The Kier molecular flexibility index (Phi) is 19.5. The van der Waals surface area contributed by atoms with Gasteiger partial charge in [-0.3, -0.25) is 14.4 Å². The molecule has 1 heterocycles. The van der Waals surface area contributed by atoms with Crippen molar-refractivity contribution in [2.45, 2.75) is 66.4 Å². The van der Waals surface area contributed by atoms with Crippen LogP contribution in [0.3, 0.4) is 0 Å². The van der Waals surface area contributed by atoms with E-state index in [4.69, 9.17) is 29.4 Å². The minimum atomic E-state index is -0.762. The zero-order chi connectivity index (χ0) is 34.3. The largest absolute Gasteiger partial charge is 0.496 e. The molecule has 0 aliphatic rings. The number of aromatic nitrogens is 1. The lowest BCUT2D eigenvalue weighted by molar-refractivity contribution is -0.149. The number of esters is 2. The third-order valence-corrected chi connectivity index (χ3v) is 6.10. The number of carbonyl (C=O) groups is 3. The van der Waals surface area contributed by atoms with Gasteiger partial charge in [-0.05, 0) is 37.5 Å². The summed E-state index contributed by atoms with van der Waals surface area (Å²) in [6.07, 6.45) is 4.52. The summed E-state index contributed by atoms with van der Waals surface area (Å²) in [5, 5.41) is 0. The standard InChI is InChI=1S/C15H16O.C10H12N2O5.C10H20O3.H2/c1-12-8-9-15(16-2)14(10-12)11-13-6-4-3-5-7-13;1-6(13)16-5-17-9-7(15-2)3-4-12-8(9)10(11)14;1-4-7-12-8-6-9(3)13-10(11)5-2;/h3-10H,11H2,1-2H3;3-4H,5H2,1-2H3,(H2,11,14);9H,4-8H2,1-3H3;1H/t;;9-;/m..0./s1. The number of hydrogen-bond donors (Lipinski definition) is 1. The first-order chi connectivity index (χ1) is 22.1. The molecule has 0 aliphatic carbocycles. The van der Waals surface area contributed by atoms with E-state index in [1.54, 1.807) is 14.0 Å². The van der Waals surface area contributed by atoms with Crippen LogP contribution < -0.4 is 19.9 Å². The van der Waals surface area contributed by atoms with Gasteiger partial charge in [0.05, 0.1) is 20.8 Å². The lowest BCUT2D eigenvalue weighted by atomic mass is 10.0. The van der Waals surface area contributed by atoms with Gasteiger partial charge in [0.2, 0.25) is 6.79 Å². The molecule has 0 unspecified atom stereocenters. The second-order valence-corrected chi connectivity index (χ2v) is 9.99. The van der Waals surface area contributed by atoms with Crippen LogP contribution in [0.25, 0.3) is 0 Å². The fourth-order valence-corrected chi connectivity index (χ4v) is 3.80. The van der Waals surface area contributed by atoms with Gasteiger partial charge < -0.3 is 34.2 Å². The predicted octanol–water partition coefficient (Wildman–Crippen LogP) is 6.07. The molecule has 254 valence electrons. The topological polar surface area (TPSA) is 146 Å². The highest BCUT2D eigenvalue weighted by Crippen LogP contribution is 2.29. The molecule has 1 aromatic heterocycles. The quantitative estimate of drug-likeness (QED) is 0.118. The van der Waals surface area contributed by atoms with E-state index in [-0.39, 0.29) is 37.5 Å². The van der Waals surface area contributed by atoms with Crippen molar-refractivity contribution in [1.82, 2.24) is 4.98 Å². The number of hydrogen-bond acceptors (Lipinski definition) is 10. The zero-order valence-electron chi connectivity index (χ0n) is 28.0. The maximum atomic E-state index is 11.1. The van der Waals surface area contributed by atoms with Crippen LogP contribution in [-0.4, -0.2) is 63.2 Å². The monoisotopic (exact) mass is 642 g/mol. The highest BCUT2D eigenvalue weighted by atomic mass is 16.7. The predicted molar refractivity (Wildman–Crippen MR) is 177 cm³/mol. The van der Waals surface area contributed by atoms with Crippen molar-refractivity contribution in [1.29, 1.82) is 0 Å². The zero-order valence-corrected chi connectivity index (χ0v) is 28.0. The third kappa shape index (κ3) is 15.9. The van der Waals surface area contributed by atoms with Crippen LogP contribution in [0.4, 0.5) is 0 Å². The fourth-order valence-electron chi connectivity index (χ4n) is 3.80. The number of carbonyl (C=O) groups excluding carboxylic acids is 3. The molecule has 0 saturated carbocycles. The molecule has 0 aliphatic heterocycles. The summed E-state index contributed by atoms with van der Waals surface area (Å²) in [6, 6.07) is 18.2. The Bertz CT molecular complexity index is 1340. The highest BCUT2D eigenvalue weighted by molar-refractivity contribution is 5.94. The van der Waals surface area contributed by atoms with Crippen molar-refractivity contribution in [2.24, 2.45) is 5.73 Å². The number of aryl methyl sites for hydroxylation is 1. The second kappa shape index (κ2) is 22.8. The maximum Gasteiger partial charge on any atom is 0.305 e. The van der Waals surface area contributed by atoms with Crippen LogP contribution >= 0.6 is 0 Å². The number of ether oxygens (including phenoxy) is 6. The van der Waals surface area contributed by atoms with Gasteiger partial charge >= 0.3 is 11.9 Å².